The van der Waals surface area contributed by atoms with Crippen molar-refractivity contribution in [2.24, 2.45) is 5.41 Å². The zero-order valence-corrected chi connectivity index (χ0v) is 14.5. The van der Waals surface area contributed by atoms with E-state index in [-0.39, 0.29) is 0 Å². The van der Waals surface area contributed by atoms with Crippen LogP contribution in [0.1, 0.15) is 29.5 Å². The Balaban J connectivity index is 2.01. The average molecular weight is 323 g/mol. The van der Waals surface area contributed by atoms with Crippen molar-refractivity contribution in [3.63, 3.8) is 0 Å². The van der Waals surface area contributed by atoms with E-state index in [2.05, 4.69) is 49.5 Å². The summed E-state index contributed by atoms with van der Waals surface area (Å²) in [4.78, 5) is 11.9. The van der Waals surface area contributed by atoms with E-state index in [4.69, 9.17) is 0 Å². The highest BCUT2D eigenvalue weighted by molar-refractivity contribution is 5.76. The molecule has 2 N–H and O–H groups in total. The summed E-state index contributed by atoms with van der Waals surface area (Å²) in [5, 5.41) is 14.1. The first-order valence-electron chi connectivity index (χ1n) is 8.70. The molecule has 2 aromatic carbocycles. The van der Waals surface area contributed by atoms with E-state index in [1.165, 1.54) is 16.7 Å². The number of piperidine rings is 1. The molecule has 0 radical (unpaired) electrons. The van der Waals surface area contributed by atoms with Crippen molar-refractivity contribution in [3.8, 4) is 11.1 Å². The van der Waals surface area contributed by atoms with Gasteiger partial charge >= 0.3 is 0 Å². The first-order chi connectivity index (χ1) is 11.5. The maximum absolute atomic E-state index is 11.9. The molecule has 0 aromatic heterocycles. The zero-order valence-electron chi connectivity index (χ0n) is 14.5. The number of aliphatic carboxylic acids is 1. The maximum atomic E-state index is 11.9. The van der Waals surface area contributed by atoms with Crippen LogP contribution in [0, 0.1) is 19.3 Å². The smallest absolute Gasteiger partial charge is 0.0764 e. The molecule has 1 heterocycles. The number of carbonyl (C=O) groups excluding carboxylic acids is 1. The van der Waals surface area contributed by atoms with E-state index >= 15 is 0 Å². The quantitative estimate of drug-likeness (QED) is 0.929. The minimum Gasteiger partial charge on any atom is -0.550 e. The second-order valence-electron chi connectivity index (χ2n) is 7.09. The van der Waals surface area contributed by atoms with Crippen LogP contribution < -0.4 is 10.4 Å². The van der Waals surface area contributed by atoms with Crippen molar-refractivity contribution in [1.82, 2.24) is 0 Å². The lowest BCUT2D eigenvalue weighted by Gasteiger charge is -2.37. The molecule has 3 rings (SSSR count). The SMILES string of the molecule is Cc1ccc(-c2ccccc2CC2(C(=O)[O-])CC[NH2+]CC2)c(C)c1. The molecule has 0 bridgehead atoms. The molecule has 3 heteroatoms. The summed E-state index contributed by atoms with van der Waals surface area (Å²) in [7, 11) is 0. The van der Waals surface area contributed by atoms with Gasteiger partial charge in [0, 0.05) is 24.2 Å². The number of carboxylic acids is 1. The van der Waals surface area contributed by atoms with Crippen LogP contribution in [0.3, 0.4) is 0 Å². The molecular weight excluding hydrogens is 298 g/mol. The number of quaternary nitrogens is 1. The molecule has 2 aromatic rings. The Labute approximate surface area is 143 Å². The Hall–Kier alpha value is -2.13. The standard InChI is InChI=1S/C21H25NO2/c1-15-7-8-18(16(2)13-15)19-6-4-3-5-17(19)14-21(20(23)24)9-11-22-12-10-21/h3-8,13,22H,9-12,14H2,1-2H3,(H,23,24). The molecular formula is C21H25NO2. The Morgan fingerprint density at radius 1 is 1.08 bits per heavy atom. The van der Waals surface area contributed by atoms with Crippen molar-refractivity contribution in [2.75, 3.05) is 13.1 Å². The lowest BCUT2D eigenvalue weighted by atomic mass is 9.73. The fraction of sp³-hybridized carbons (Fsp3) is 0.381. The van der Waals surface area contributed by atoms with Gasteiger partial charge in [-0.2, -0.15) is 0 Å². The molecule has 0 saturated carbocycles. The van der Waals surface area contributed by atoms with Crippen LogP contribution in [0.25, 0.3) is 11.1 Å². The van der Waals surface area contributed by atoms with Gasteiger partial charge in [-0.05, 0) is 42.5 Å². The molecule has 1 aliphatic heterocycles. The van der Waals surface area contributed by atoms with Crippen molar-refractivity contribution < 1.29 is 15.2 Å². The molecule has 0 spiro atoms. The average Bonchev–Trinajstić information content (AvgIpc) is 2.56. The summed E-state index contributed by atoms with van der Waals surface area (Å²) in [5.74, 6) is -0.897. The highest BCUT2D eigenvalue weighted by atomic mass is 16.4. The highest BCUT2D eigenvalue weighted by Crippen LogP contribution is 2.36. The van der Waals surface area contributed by atoms with E-state index in [0.29, 0.717) is 19.3 Å². The fourth-order valence-corrected chi connectivity index (χ4v) is 3.90. The Bertz CT molecular complexity index is 745. The molecule has 1 saturated heterocycles. The number of rotatable bonds is 4. The lowest BCUT2D eigenvalue weighted by molar-refractivity contribution is -0.667. The van der Waals surface area contributed by atoms with Crippen LogP contribution in [0.2, 0.25) is 0 Å². The van der Waals surface area contributed by atoms with Crippen LogP contribution in [-0.4, -0.2) is 19.1 Å². The van der Waals surface area contributed by atoms with Crippen molar-refractivity contribution in [3.05, 3.63) is 59.2 Å². The van der Waals surface area contributed by atoms with E-state index in [1.807, 2.05) is 12.1 Å². The van der Waals surface area contributed by atoms with E-state index < -0.39 is 11.4 Å². The van der Waals surface area contributed by atoms with Gasteiger partial charge in [-0.1, -0.05) is 48.0 Å². The molecule has 0 aliphatic carbocycles. The molecule has 1 fully saturated rings. The molecule has 0 atom stereocenters. The van der Waals surface area contributed by atoms with Gasteiger partial charge in [-0.25, -0.2) is 0 Å². The third-order valence-electron chi connectivity index (χ3n) is 5.31. The van der Waals surface area contributed by atoms with Gasteiger partial charge < -0.3 is 15.2 Å². The third kappa shape index (κ3) is 3.22. The molecule has 3 nitrogen and oxygen atoms in total. The summed E-state index contributed by atoms with van der Waals surface area (Å²) in [5.41, 5.74) is 5.17. The van der Waals surface area contributed by atoms with E-state index in [0.717, 1.165) is 24.2 Å². The number of hydrogen-bond donors (Lipinski definition) is 1. The van der Waals surface area contributed by atoms with Crippen molar-refractivity contribution in [1.29, 1.82) is 0 Å². The normalized spacial score (nSPS) is 16.8. The van der Waals surface area contributed by atoms with Crippen LogP contribution in [0.4, 0.5) is 0 Å². The van der Waals surface area contributed by atoms with Crippen LogP contribution >= 0.6 is 0 Å². The molecule has 1 aliphatic rings. The number of nitrogens with two attached hydrogens (primary N) is 1. The minimum atomic E-state index is -0.897. The van der Waals surface area contributed by atoms with Crippen LogP contribution in [-0.2, 0) is 11.2 Å². The summed E-state index contributed by atoms with van der Waals surface area (Å²) in [6.07, 6.45) is 1.90. The Kier molecular flexibility index (Phi) is 4.72. The van der Waals surface area contributed by atoms with E-state index in [1.54, 1.807) is 0 Å². The van der Waals surface area contributed by atoms with Crippen LogP contribution in [0.15, 0.2) is 42.5 Å². The number of benzene rings is 2. The van der Waals surface area contributed by atoms with Gasteiger partial charge in [0.15, 0.2) is 0 Å². The Morgan fingerprint density at radius 3 is 2.46 bits per heavy atom. The van der Waals surface area contributed by atoms with Crippen LogP contribution in [0.5, 0.6) is 0 Å². The summed E-state index contributed by atoms with van der Waals surface area (Å²) >= 11 is 0. The monoisotopic (exact) mass is 323 g/mol. The minimum absolute atomic E-state index is 0.548. The van der Waals surface area contributed by atoms with Crippen molar-refractivity contribution in [2.45, 2.75) is 33.1 Å². The van der Waals surface area contributed by atoms with Gasteiger partial charge in [0.1, 0.15) is 0 Å². The first kappa shape index (κ1) is 16.7. The predicted molar refractivity (Wildman–Crippen MR) is 93.4 cm³/mol. The number of aryl methyl sites for hydroxylation is 2. The van der Waals surface area contributed by atoms with Gasteiger partial charge in [0.25, 0.3) is 0 Å². The predicted octanol–water partition coefficient (Wildman–Crippen LogP) is 1.61. The number of carboxylic acid groups (broad SMARTS) is 1. The number of carbonyl (C=O) groups is 1. The van der Waals surface area contributed by atoms with Gasteiger partial charge in [-0.3, -0.25) is 0 Å². The highest BCUT2D eigenvalue weighted by Gasteiger charge is 2.36. The summed E-state index contributed by atoms with van der Waals surface area (Å²) in [6.45, 7) is 5.93. The maximum Gasteiger partial charge on any atom is 0.0764 e. The molecule has 0 unspecified atom stereocenters. The van der Waals surface area contributed by atoms with E-state index in [9.17, 15) is 9.90 Å². The topological polar surface area (TPSA) is 56.7 Å². The molecule has 0 amide bonds. The third-order valence-corrected chi connectivity index (χ3v) is 5.31. The second kappa shape index (κ2) is 6.78. The first-order valence-corrected chi connectivity index (χ1v) is 8.70. The Morgan fingerprint density at radius 2 is 1.79 bits per heavy atom. The van der Waals surface area contributed by atoms with Gasteiger partial charge in [-0.15, -0.1) is 0 Å². The fourth-order valence-electron chi connectivity index (χ4n) is 3.90. The summed E-state index contributed by atoms with van der Waals surface area (Å²) in [6, 6.07) is 14.6. The molecule has 126 valence electrons. The van der Waals surface area contributed by atoms with Gasteiger partial charge in [0.2, 0.25) is 0 Å². The largest absolute Gasteiger partial charge is 0.550 e. The number of hydrogen-bond acceptors (Lipinski definition) is 2. The lowest BCUT2D eigenvalue weighted by Crippen LogP contribution is -2.87. The molecule has 24 heavy (non-hydrogen) atoms. The van der Waals surface area contributed by atoms with Gasteiger partial charge in [0.05, 0.1) is 13.1 Å². The zero-order chi connectivity index (χ0) is 17.2. The summed E-state index contributed by atoms with van der Waals surface area (Å²) < 4.78 is 0. The second-order valence-corrected chi connectivity index (χ2v) is 7.09. The van der Waals surface area contributed by atoms with Crippen molar-refractivity contribution >= 4 is 5.97 Å².